The summed E-state index contributed by atoms with van der Waals surface area (Å²) >= 11 is 6.28. The van der Waals surface area contributed by atoms with Gasteiger partial charge in [0.2, 0.25) is 11.7 Å². The van der Waals surface area contributed by atoms with Crippen LogP contribution in [0.15, 0.2) is 35.0 Å². The number of carbonyl (C=O) groups is 1. The Morgan fingerprint density at radius 3 is 2.97 bits per heavy atom. The van der Waals surface area contributed by atoms with Crippen molar-refractivity contribution in [3.8, 4) is 34.5 Å². The highest BCUT2D eigenvalue weighted by atomic mass is 35.5. The normalized spacial score (nSPS) is 14.0. The third kappa shape index (κ3) is 5.00. The molecule has 3 aromatic rings. The number of pyridine rings is 1. The highest BCUT2D eigenvalue weighted by Gasteiger charge is 2.22. The molecule has 0 saturated heterocycles. The van der Waals surface area contributed by atoms with Crippen molar-refractivity contribution >= 4 is 17.6 Å². The fourth-order valence-electron chi connectivity index (χ4n) is 3.40. The molecule has 168 valence electrons. The average Bonchev–Trinajstić information content (AvgIpc) is 3.14. The summed E-state index contributed by atoms with van der Waals surface area (Å²) in [6.45, 7) is 5.90. The molecule has 1 N–H and O–H groups in total. The Morgan fingerprint density at radius 2 is 2.22 bits per heavy atom. The number of rotatable bonds is 7. The molecular formula is C22H23ClN4O5. The van der Waals surface area contributed by atoms with Gasteiger partial charge in [0.05, 0.1) is 23.7 Å². The van der Waals surface area contributed by atoms with E-state index < -0.39 is 5.97 Å². The number of benzene rings is 1. The van der Waals surface area contributed by atoms with Crippen molar-refractivity contribution in [2.75, 3.05) is 19.7 Å². The number of para-hydroxylation sites is 1. The third-order valence-corrected chi connectivity index (χ3v) is 5.13. The first-order chi connectivity index (χ1) is 15.4. The van der Waals surface area contributed by atoms with Crippen LogP contribution in [0, 0.1) is 0 Å². The molecule has 0 fully saturated rings. The van der Waals surface area contributed by atoms with Crippen LogP contribution in [-0.2, 0) is 11.3 Å². The first kappa shape index (κ1) is 22.0. The van der Waals surface area contributed by atoms with E-state index in [1.54, 1.807) is 12.3 Å². The van der Waals surface area contributed by atoms with Gasteiger partial charge in [-0.15, -0.1) is 0 Å². The first-order valence-electron chi connectivity index (χ1n) is 10.3. The molecule has 0 atom stereocenters. The van der Waals surface area contributed by atoms with E-state index in [4.69, 9.17) is 30.7 Å². The standard InChI is InChI=1S/C22H23ClN4O5/c1-13(2)31-22-17(23)10-15(11-24-22)21-25-20(26-32-21)16-5-3-4-14-12-27(7-6-18(28)29)8-9-30-19(14)16/h3-5,10-11,13H,6-9,12H2,1-2H3,(H,28,29). The number of nitrogens with zero attached hydrogens (tertiary/aromatic N) is 4. The number of carboxylic acid groups (broad SMARTS) is 1. The summed E-state index contributed by atoms with van der Waals surface area (Å²) in [6, 6.07) is 7.39. The lowest BCUT2D eigenvalue weighted by molar-refractivity contribution is -0.137. The van der Waals surface area contributed by atoms with Crippen molar-refractivity contribution in [1.82, 2.24) is 20.0 Å². The minimum atomic E-state index is -0.818. The van der Waals surface area contributed by atoms with Gasteiger partial charge in [0.1, 0.15) is 17.4 Å². The number of aliphatic carboxylic acids is 1. The van der Waals surface area contributed by atoms with Gasteiger partial charge in [0.15, 0.2) is 0 Å². The van der Waals surface area contributed by atoms with Gasteiger partial charge in [-0.25, -0.2) is 4.98 Å². The van der Waals surface area contributed by atoms with Crippen molar-refractivity contribution in [2.45, 2.75) is 32.9 Å². The summed E-state index contributed by atoms with van der Waals surface area (Å²) in [6.07, 6.45) is 1.61. The van der Waals surface area contributed by atoms with E-state index in [0.717, 1.165) is 5.56 Å². The maximum atomic E-state index is 10.9. The highest BCUT2D eigenvalue weighted by Crippen LogP contribution is 2.35. The predicted octanol–water partition coefficient (Wildman–Crippen LogP) is 3.91. The van der Waals surface area contributed by atoms with Crippen molar-refractivity contribution in [3.63, 3.8) is 0 Å². The molecule has 32 heavy (non-hydrogen) atoms. The number of carboxylic acids is 1. The molecule has 0 amide bonds. The molecule has 9 nitrogen and oxygen atoms in total. The second kappa shape index (κ2) is 9.54. The number of hydrogen-bond acceptors (Lipinski definition) is 8. The predicted molar refractivity (Wildman–Crippen MR) is 117 cm³/mol. The van der Waals surface area contributed by atoms with Gasteiger partial charge in [-0.3, -0.25) is 9.69 Å². The van der Waals surface area contributed by atoms with E-state index in [-0.39, 0.29) is 18.4 Å². The van der Waals surface area contributed by atoms with E-state index in [0.29, 0.717) is 59.8 Å². The van der Waals surface area contributed by atoms with E-state index in [9.17, 15) is 4.79 Å². The highest BCUT2D eigenvalue weighted by molar-refractivity contribution is 6.32. The molecule has 2 aromatic heterocycles. The topological polar surface area (TPSA) is 111 Å². The van der Waals surface area contributed by atoms with Crippen molar-refractivity contribution < 1.29 is 23.9 Å². The Morgan fingerprint density at radius 1 is 1.38 bits per heavy atom. The molecule has 1 aromatic carbocycles. The van der Waals surface area contributed by atoms with Crippen LogP contribution < -0.4 is 9.47 Å². The average molecular weight is 459 g/mol. The van der Waals surface area contributed by atoms with Crippen LogP contribution >= 0.6 is 11.6 Å². The van der Waals surface area contributed by atoms with Gasteiger partial charge in [0.25, 0.3) is 5.89 Å². The van der Waals surface area contributed by atoms with Gasteiger partial charge in [-0.05, 0) is 26.0 Å². The second-order valence-corrected chi connectivity index (χ2v) is 8.07. The molecule has 0 radical (unpaired) electrons. The Kier molecular flexibility index (Phi) is 6.57. The number of hydrogen-bond donors (Lipinski definition) is 1. The fourth-order valence-corrected chi connectivity index (χ4v) is 3.61. The maximum absolute atomic E-state index is 10.9. The Labute approximate surface area is 189 Å². The lowest BCUT2D eigenvalue weighted by Gasteiger charge is -2.17. The molecule has 0 spiro atoms. The van der Waals surface area contributed by atoms with Crippen molar-refractivity contribution in [1.29, 1.82) is 0 Å². The molecule has 10 heteroatoms. The van der Waals surface area contributed by atoms with Crippen LogP contribution in [0.2, 0.25) is 5.02 Å². The van der Waals surface area contributed by atoms with Gasteiger partial charge in [0, 0.05) is 31.4 Å². The zero-order valence-electron chi connectivity index (χ0n) is 17.7. The molecule has 4 rings (SSSR count). The van der Waals surface area contributed by atoms with Gasteiger partial charge >= 0.3 is 5.97 Å². The zero-order chi connectivity index (χ0) is 22.7. The quantitative estimate of drug-likeness (QED) is 0.563. The van der Waals surface area contributed by atoms with E-state index in [1.807, 2.05) is 32.0 Å². The summed E-state index contributed by atoms with van der Waals surface area (Å²) in [5, 5.41) is 13.4. The van der Waals surface area contributed by atoms with Crippen LogP contribution in [-0.4, -0.2) is 56.9 Å². The third-order valence-electron chi connectivity index (χ3n) is 4.85. The van der Waals surface area contributed by atoms with Crippen molar-refractivity contribution in [2.24, 2.45) is 0 Å². The van der Waals surface area contributed by atoms with Crippen LogP contribution in [0.5, 0.6) is 11.6 Å². The second-order valence-electron chi connectivity index (χ2n) is 7.66. The van der Waals surface area contributed by atoms with Gasteiger partial charge < -0.3 is 19.1 Å². The largest absolute Gasteiger partial charge is 0.491 e. The molecule has 0 unspecified atom stereocenters. The molecule has 0 bridgehead atoms. The van der Waals surface area contributed by atoms with E-state index in [2.05, 4.69) is 20.0 Å². The molecule has 0 saturated carbocycles. The Balaban J connectivity index is 1.58. The number of ether oxygens (including phenoxy) is 2. The Bertz CT molecular complexity index is 1120. The number of fused-ring (bicyclic) bond motifs is 1. The zero-order valence-corrected chi connectivity index (χ0v) is 18.5. The summed E-state index contributed by atoms with van der Waals surface area (Å²) in [5.41, 5.74) is 2.22. The molecule has 1 aliphatic heterocycles. The summed E-state index contributed by atoms with van der Waals surface area (Å²) in [4.78, 5) is 21.7. The van der Waals surface area contributed by atoms with Gasteiger partial charge in [-0.1, -0.05) is 28.9 Å². The molecular weight excluding hydrogens is 436 g/mol. The first-order valence-corrected chi connectivity index (χ1v) is 10.6. The minimum absolute atomic E-state index is 0.0470. The van der Waals surface area contributed by atoms with E-state index >= 15 is 0 Å². The Hall–Kier alpha value is -3.17. The summed E-state index contributed by atoms with van der Waals surface area (Å²) in [5.74, 6) is 0.866. The lowest BCUT2D eigenvalue weighted by atomic mass is 10.1. The SMILES string of the molecule is CC(C)Oc1ncc(-c2nc(-c3cccc4c3OCCN(CCC(=O)O)C4)no2)cc1Cl. The molecule has 1 aliphatic rings. The lowest BCUT2D eigenvalue weighted by Crippen LogP contribution is -2.28. The maximum Gasteiger partial charge on any atom is 0.304 e. The number of halogens is 1. The minimum Gasteiger partial charge on any atom is -0.491 e. The van der Waals surface area contributed by atoms with Crippen LogP contribution in [0.3, 0.4) is 0 Å². The smallest absolute Gasteiger partial charge is 0.304 e. The van der Waals surface area contributed by atoms with Crippen molar-refractivity contribution in [3.05, 3.63) is 41.0 Å². The van der Waals surface area contributed by atoms with E-state index in [1.165, 1.54) is 0 Å². The molecule has 0 aliphatic carbocycles. The number of aromatic nitrogens is 3. The van der Waals surface area contributed by atoms with Gasteiger partial charge in [-0.2, -0.15) is 4.98 Å². The van der Waals surface area contributed by atoms with Crippen LogP contribution in [0.1, 0.15) is 25.8 Å². The fraction of sp³-hybridized carbons (Fsp3) is 0.364. The van der Waals surface area contributed by atoms with Crippen LogP contribution in [0.4, 0.5) is 0 Å². The molecule has 3 heterocycles. The summed E-state index contributed by atoms with van der Waals surface area (Å²) < 4.78 is 17.0. The summed E-state index contributed by atoms with van der Waals surface area (Å²) in [7, 11) is 0. The van der Waals surface area contributed by atoms with Crippen LogP contribution in [0.25, 0.3) is 22.8 Å². The monoisotopic (exact) mass is 458 g/mol.